The molecule has 0 amide bonds. The fraction of sp³-hybridized carbons (Fsp3) is 0.571. The number of unbranched alkanes of at least 4 members (excludes halogenated alkanes) is 1. The van der Waals surface area contributed by atoms with Crippen molar-refractivity contribution in [3.63, 3.8) is 0 Å². The third-order valence-electron chi connectivity index (χ3n) is 8.00. The molecule has 2 aliphatic carbocycles. The van der Waals surface area contributed by atoms with Gasteiger partial charge in [-0.05, 0) is 91.0 Å². The van der Waals surface area contributed by atoms with Crippen LogP contribution < -0.4 is 0 Å². The van der Waals surface area contributed by atoms with Gasteiger partial charge in [0.25, 0.3) is 0 Å². The highest BCUT2D eigenvalue weighted by molar-refractivity contribution is 5.64. The lowest BCUT2D eigenvalue weighted by atomic mass is 9.68. The van der Waals surface area contributed by atoms with Crippen molar-refractivity contribution in [1.82, 2.24) is 0 Å². The second kappa shape index (κ2) is 10.2. The second-order valence-electron chi connectivity index (χ2n) is 9.91. The van der Waals surface area contributed by atoms with Crippen molar-refractivity contribution in [1.29, 1.82) is 0 Å². The zero-order valence-electron chi connectivity index (χ0n) is 18.7. The molecule has 3 heteroatoms. The molecule has 0 saturated heterocycles. The molecule has 2 aromatic rings. The third kappa shape index (κ3) is 5.35. The second-order valence-corrected chi connectivity index (χ2v) is 9.91. The van der Waals surface area contributed by atoms with Gasteiger partial charge in [0, 0.05) is 0 Å². The smallest absolute Gasteiger partial charge is 0.194 e. The van der Waals surface area contributed by atoms with Crippen LogP contribution in [0.2, 0.25) is 0 Å². The van der Waals surface area contributed by atoms with E-state index in [1.165, 1.54) is 76.2 Å². The molecule has 0 spiro atoms. The lowest BCUT2D eigenvalue weighted by Crippen LogP contribution is -2.25. The van der Waals surface area contributed by atoms with Crippen LogP contribution in [-0.4, -0.2) is 0 Å². The molecule has 4 rings (SSSR count). The van der Waals surface area contributed by atoms with E-state index in [-0.39, 0.29) is 0 Å². The lowest BCUT2D eigenvalue weighted by molar-refractivity contribution is 0.156. The van der Waals surface area contributed by atoms with Gasteiger partial charge in [-0.25, -0.2) is 13.2 Å². The Balaban J connectivity index is 1.30. The highest BCUT2D eigenvalue weighted by Gasteiger charge is 2.31. The number of rotatable bonds is 6. The molecule has 168 valence electrons. The van der Waals surface area contributed by atoms with E-state index in [1.807, 2.05) is 12.1 Å². The highest BCUT2D eigenvalue weighted by atomic mass is 19.2. The first-order valence-electron chi connectivity index (χ1n) is 12.3. The summed E-state index contributed by atoms with van der Waals surface area (Å²) in [5.41, 5.74) is 2.41. The van der Waals surface area contributed by atoms with E-state index in [2.05, 4.69) is 19.1 Å². The molecule has 0 atom stereocenters. The standard InChI is InChI=1S/C28H35F3/c1-2-3-4-19-5-7-20(8-6-19)21-9-11-22(12-10-21)23-13-15-24(16-14-23)25-17-26(29)28(31)27(30)18-25/h13-22H,2-12H2,1H3. The van der Waals surface area contributed by atoms with E-state index in [1.54, 1.807) is 0 Å². The summed E-state index contributed by atoms with van der Waals surface area (Å²) < 4.78 is 40.3. The summed E-state index contributed by atoms with van der Waals surface area (Å²) >= 11 is 0. The zero-order chi connectivity index (χ0) is 21.8. The largest absolute Gasteiger partial charge is 0.204 e. The molecule has 0 aliphatic heterocycles. The van der Waals surface area contributed by atoms with E-state index < -0.39 is 17.5 Å². The van der Waals surface area contributed by atoms with E-state index in [9.17, 15) is 13.2 Å². The van der Waals surface area contributed by atoms with Gasteiger partial charge in [-0.15, -0.1) is 0 Å². The minimum Gasteiger partial charge on any atom is -0.204 e. The summed E-state index contributed by atoms with van der Waals surface area (Å²) in [6.45, 7) is 2.29. The first-order valence-corrected chi connectivity index (χ1v) is 12.3. The van der Waals surface area contributed by atoms with Crippen LogP contribution in [-0.2, 0) is 0 Å². The molecule has 2 fully saturated rings. The monoisotopic (exact) mass is 428 g/mol. The first-order chi connectivity index (χ1) is 15.0. The average Bonchev–Trinajstić information content (AvgIpc) is 2.81. The van der Waals surface area contributed by atoms with Gasteiger partial charge in [0.15, 0.2) is 17.5 Å². The SMILES string of the molecule is CCCCC1CCC(C2CCC(c3ccc(-c4cc(F)c(F)c(F)c4)cc3)CC2)CC1. The van der Waals surface area contributed by atoms with Crippen molar-refractivity contribution in [2.75, 3.05) is 0 Å². The maximum Gasteiger partial charge on any atom is 0.194 e. The van der Waals surface area contributed by atoms with Crippen molar-refractivity contribution in [2.45, 2.75) is 83.5 Å². The predicted molar refractivity (Wildman–Crippen MR) is 121 cm³/mol. The molecule has 0 nitrogen and oxygen atoms in total. The maximum atomic E-state index is 13.5. The Labute approximate surface area is 185 Å². The normalized spacial score (nSPS) is 26.7. The van der Waals surface area contributed by atoms with Crippen LogP contribution in [0.1, 0.15) is 89.0 Å². The van der Waals surface area contributed by atoms with Crippen LogP contribution in [0.15, 0.2) is 36.4 Å². The van der Waals surface area contributed by atoms with Gasteiger partial charge in [-0.1, -0.05) is 63.3 Å². The Bertz CT molecular complexity index is 818. The molecule has 0 unspecified atom stereocenters. The third-order valence-corrected chi connectivity index (χ3v) is 8.00. The Morgan fingerprint density at radius 3 is 1.81 bits per heavy atom. The van der Waals surface area contributed by atoms with Gasteiger partial charge < -0.3 is 0 Å². The van der Waals surface area contributed by atoms with Gasteiger partial charge in [0.1, 0.15) is 0 Å². The van der Waals surface area contributed by atoms with Gasteiger partial charge in [0.05, 0.1) is 0 Å². The van der Waals surface area contributed by atoms with E-state index in [0.717, 1.165) is 35.4 Å². The molecule has 0 aromatic heterocycles. The Hall–Kier alpha value is -1.77. The first kappa shape index (κ1) is 22.4. The van der Waals surface area contributed by atoms with Crippen molar-refractivity contribution in [3.05, 3.63) is 59.4 Å². The summed E-state index contributed by atoms with van der Waals surface area (Å²) in [7, 11) is 0. The van der Waals surface area contributed by atoms with Crippen molar-refractivity contribution in [3.8, 4) is 11.1 Å². The minimum absolute atomic E-state index is 0.376. The summed E-state index contributed by atoms with van der Waals surface area (Å²) in [6.07, 6.45) is 15.0. The molecule has 0 bridgehead atoms. The molecule has 0 radical (unpaired) electrons. The average molecular weight is 429 g/mol. The molecule has 0 N–H and O–H groups in total. The number of benzene rings is 2. The van der Waals surface area contributed by atoms with E-state index >= 15 is 0 Å². The lowest BCUT2D eigenvalue weighted by Gasteiger charge is -2.38. The van der Waals surface area contributed by atoms with Gasteiger partial charge in [0.2, 0.25) is 0 Å². The van der Waals surface area contributed by atoms with Crippen LogP contribution in [0.25, 0.3) is 11.1 Å². The van der Waals surface area contributed by atoms with Crippen LogP contribution >= 0.6 is 0 Å². The van der Waals surface area contributed by atoms with Crippen LogP contribution in [0.5, 0.6) is 0 Å². The van der Waals surface area contributed by atoms with E-state index in [0.29, 0.717) is 11.5 Å². The molecular formula is C28H35F3. The minimum atomic E-state index is -1.41. The molecule has 0 heterocycles. The van der Waals surface area contributed by atoms with Crippen LogP contribution in [0, 0.1) is 35.2 Å². The molecule has 2 saturated carbocycles. The Kier molecular flexibility index (Phi) is 7.40. The summed E-state index contributed by atoms with van der Waals surface area (Å²) in [5, 5.41) is 0. The molecule has 31 heavy (non-hydrogen) atoms. The summed E-state index contributed by atoms with van der Waals surface area (Å²) in [5.74, 6) is -0.306. The molecule has 2 aromatic carbocycles. The Morgan fingerprint density at radius 1 is 0.710 bits per heavy atom. The van der Waals surface area contributed by atoms with Crippen molar-refractivity contribution < 1.29 is 13.2 Å². The van der Waals surface area contributed by atoms with Crippen molar-refractivity contribution in [2.24, 2.45) is 17.8 Å². The van der Waals surface area contributed by atoms with E-state index in [4.69, 9.17) is 0 Å². The quantitative estimate of drug-likeness (QED) is 0.403. The van der Waals surface area contributed by atoms with Gasteiger partial charge in [-0.3, -0.25) is 0 Å². The fourth-order valence-corrected chi connectivity index (χ4v) is 6.03. The maximum absolute atomic E-state index is 13.5. The zero-order valence-corrected chi connectivity index (χ0v) is 18.7. The van der Waals surface area contributed by atoms with Crippen molar-refractivity contribution >= 4 is 0 Å². The number of halogens is 3. The topological polar surface area (TPSA) is 0 Å². The van der Waals surface area contributed by atoms with Crippen LogP contribution in [0.3, 0.4) is 0 Å². The Morgan fingerprint density at radius 2 is 1.26 bits per heavy atom. The number of hydrogen-bond acceptors (Lipinski definition) is 0. The highest BCUT2D eigenvalue weighted by Crippen LogP contribution is 2.44. The summed E-state index contributed by atoms with van der Waals surface area (Å²) in [6, 6.07) is 10.1. The van der Waals surface area contributed by atoms with Crippen LogP contribution in [0.4, 0.5) is 13.2 Å². The van der Waals surface area contributed by atoms with Gasteiger partial charge >= 0.3 is 0 Å². The fourth-order valence-electron chi connectivity index (χ4n) is 6.03. The molecular weight excluding hydrogens is 393 g/mol. The molecule has 2 aliphatic rings. The summed E-state index contributed by atoms with van der Waals surface area (Å²) in [4.78, 5) is 0. The predicted octanol–water partition coefficient (Wildman–Crippen LogP) is 9.04. The number of hydrogen-bond donors (Lipinski definition) is 0. The van der Waals surface area contributed by atoms with Gasteiger partial charge in [-0.2, -0.15) is 0 Å².